The molecule has 2 N–H and O–H groups in total. The SMILES string of the molecule is COc1ccc(F)cc1[S+]([O-])Nc1cccc(-c2nc(C(C)C)sc2-c2ccnc(NCC(C)C)n2)c1F. The Morgan fingerprint density at radius 3 is 2.58 bits per heavy atom. The molecule has 0 aliphatic carbocycles. The van der Waals surface area contributed by atoms with E-state index in [4.69, 9.17) is 9.72 Å². The second kappa shape index (κ2) is 12.1. The van der Waals surface area contributed by atoms with Crippen molar-refractivity contribution in [2.24, 2.45) is 5.92 Å². The lowest BCUT2D eigenvalue weighted by Crippen LogP contribution is -2.15. The number of halogens is 2. The van der Waals surface area contributed by atoms with Crippen molar-refractivity contribution in [3.05, 3.63) is 65.3 Å². The molecule has 2 aromatic carbocycles. The van der Waals surface area contributed by atoms with Crippen molar-refractivity contribution < 1.29 is 18.1 Å². The van der Waals surface area contributed by atoms with Crippen molar-refractivity contribution in [2.45, 2.75) is 38.5 Å². The molecule has 0 aliphatic heterocycles. The zero-order valence-electron chi connectivity index (χ0n) is 21.7. The fourth-order valence-electron chi connectivity index (χ4n) is 3.55. The Balaban J connectivity index is 1.73. The minimum Gasteiger partial charge on any atom is -0.588 e. The van der Waals surface area contributed by atoms with Crippen LogP contribution in [-0.4, -0.2) is 33.2 Å². The zero-order chi connectivity index (χ0) is 27.4. The van der Waals surface area contributed by atoms with Crippen molar-refractivity contribution in [3.63, 3.8) is 0 Å². The molecule has 0 spiro atoms. The highest BCUT2D eigenvalue weighted by Crippen LogP contribution is 2.41. The smallest absolute Gasteiger partial charge is 0.224 e. The van der Waals surface area contributed by atoms with E-state index in [1.54, 1.807) is 24.4 Å². The van der Waals surface area contributed by atoms with Crippen LogP contribution in [0.25, 0.3) is 21.8 Å². The predicted octanol–water partition coefficient (Wildman–Crippen LogP) is 6.88. The maximum atomic E-state index is 15.9. The molecule has 0 aliphatic rings. The first-order valence-electron chi connectivity index (χ1n) is 12.1. The number of thiazole rings is 1. The number of ether oxygens (including phenoxy) is 1. The zero-order valence-corrected chi connectivity index (χ0v) is 23.3. The first kappa shape index (κ1) is 27.7. The largest absolute Gasteiger partial charge is 0.588 e. The van der Waals surface area contributed by atoms with Gasteiger partial charge in [0.25, 0.3) is 0 Å². The number of benzene rings is 2. The molecule has 2 heterocycles. The molecule has 200 valence electrons. The molecule has 1 unspecified atom stereocenters. The summed E-state index contributed by atoms with van der Waals surface area (Å²) in [6, 6.07) is 10.2. The number of hydrogen-bond donors (Lipinski definition) is 2. The predicted molar refractivity (Wildman–Crippen MR) is 149 cm³/mol. The molecule has 0 saturated carbocycles. The Morgan fingerprint density at radius 1 is 1.08 bits per heavy atom. The highest BCUT2D eigenvalue weighted by molar-refractivity contribution is 7.92. The molecular weight excluding hydrogens is 528 g/mol. The topological polar surface area (TPSA) is 95.0 Å². The molecule has 38 heavy (non-hydrogen) atoms. The molecule has 7 nitrogen and oxygen atoms in total. The van der Waals surface area contributed by atoms with Crippen LogP contribution in [0, 0.1) is 17.6 Å². The Hall–Kier alpha value is -3.28. The van der Waals surface area contributed by atoms with Gasteiger partial charge in [0.1, 0.15) is 22.9 Å². The van der Waals surface area contributed by atoms with E-state index >= 15 is 4.39 Å². The number of anilines is 2. The third-order valence-corrected chi connectivity index (χ3v) is 7.98. The van der Waals surface area contributed by atoms with E-state index in [1.165, 1.54) is 36.6 Å². The second-order valence-electron chi connectivity index (χ2n) is 9.26. The van der Waals surface area contributed by atoms with E-state index < -0.39 is 23.0 Å². The first-order valence-corrected chi connectivity index (χ1v) is 14.0. The molecule has 0 saturated heterocycles. The normalized spacial score (nSPS) is 12.2. The fraction of sp³-hybridized carbons (Fsp3) is 0.296. The molecule has 1 atom stereocenters. The van der Waals surface area contributed by atoms with Crippen LogP contribution in [0.5, 0.6) is 5.75 Å². The number of methoxy groups -OCH3 is 1. The van der Waals surface area contributed by atoms with Crippen LogP contribution < -0.4 is 14.8 Å². The number of hydrogen-bond acceptors (Lipinski definition) is 8. The van der Waals surface area contributed by atoms with Gasteiger partial charge in [-0.3, -0.25) is 0 Å². The molecule has 0 bridgehead atoms. The molecule has 0 radical (unpaired) electrons. The third kappa shape index (κ3) is 6.23. The lowest BCUT2D eigenvalue weighted by Gasteiger charge is -2.15. The Labute approximate surface area is 228 Å². The number of nitrogens with one attached hydrogen (secondary N) is 2. The van der Waals surface area contributed by atoms with E-state index in [0.717, 1.165) is 11.1 Å². The highest BCUT2D eigenvalue weighted by atomic mass is 32.2. The van der Waals surface area contributed by atoms with Gasteiger partial charge in [-0.25, -0.2) is 28.5 Å². The van der Waals surface area contributed by atoms with Crippen LogP contribution >= 0.6 is 11.3 Å². The number of aromatic nitrogens is 3. The summed E-state index contributed by atoms with van der Waals surface area (Å²) >= 11 is -0.540. The fourth-order valence-corrected chi connectivity index (χ4v) is 5.62. The van der Waals surface area contributed by atoms with Gasteiger partial charge in [0.05, 0.1) is 28.4 Å². The third-order valence-electron chi connectivity index (χ3n) is 5.48. The van der Waals surface area contributed by atoms with Crippen LogP contribution in [0.3, 0.4) is 0 Å². The number of nitrogens with zero attached hydrogens (tertiary/aromatic N) is 3. The quantitative estimate of drug-likeness (QED) is 0.205. The van der Waals surface area contributed by atoms with Gasteiger partial charge in [-0.05, 0) is 36.2 Å². The molecular formula is C27H29F2N5O2S2. The summed E-state index contributed by atoms with van der Waals surface area (Å²) in [5, 5.41) is 4.05. The van der Waals surface area contributed by atoms with Crippen LogP contribution in [0.2, 0.25) is 0 Å². The van der Waals surface area contributed by atoms with Crippen molar-refractivity contribution in [1.29, 1.82) is 0 Å². The van der Waals surface area contributed by atoms with Gasteiger partial charge < -0.3 is 14.6 Å². The molecule has 2 aromatic heterocycles. The number of rotatable bonds is 10. The van der Waals surface area contributed by atoms with E-state index in [2.05, 4.69) is 33.9 Å². The summed E-state index contributed by atoms with van der Waals surface area (Å²) in [5.41, 5.74) is 1.27. The summed E-state index contributed by atoms with van der Waals surface area (Å²) in [4.78, 5) is 14.5. The minimum atomic E-state index is -1.99. The molecule has 11 heteroatoms. The highest BCUT2D eigenvalue weighted by Gasteiger charge is 2.25. The standard InChI is InChI=1S/C27H29F2N5O2S2/c1-15(2)14-31-27-30-12-11-20(32-27)25-24(33-26(37-25)16(3)4)18-7-6-8-19(23(18)29)34-38(35)22-13-17(28)9-10-21(22)36-5/h6-13,15-16,34H,14H2,1-5H3,(H,30,31,32). The maximum absolute atomic E-state index is 15.9. The average Bonchev–Trinajstić information content (AvgIpc) is 3.34. The van der Waals surface area contributed by atoms with Gasteiger partial charge in [0.2, 0.25) is 10.8 Å². The van der Waals surface area contributed by atoms with Gasteiger partial charge in [0.15, 0.2) is 11.6 Å². The Morgan fingerprint density at radius 2 is 1.87 bits per heavy atom. The van der Waals surface area contributed by atoms with Crippen molar-refractivity contribution in [1.82, 2.24) is 15.0 Å². The van der Waals surface area contributed by atoms with Gasteiger partial charge in [-0.15, -0.1) is 11.3 Å². The van der Waals surface area contributed by atoms with Crippen LogP contribution in [0.15, 0.2) is 53.6 Å². The summed E-state index contributed by atoms with van der Waals surface area (Å²) in [6.07, 6.45) is 1.66. The van der Waals surface area contributed by atoms with E-state index in [-0.39, 0.29) is 27.8 Å². The minimum absolute atomic E-state index is 0.0147. The average molecular weight is 558 g/mol. The van der Waals surface area contributed by atoms with Crippen molar-refractivity contribution in [3.8, 4) is 27.6 Å². The van der Waals surface area contributed by atoms with Crippen LogP contribution in [0.1, 0.15) is 38.6 Å². The van der Waals surface area contributed by atoms with Gasteiger partial charge in [-0.2, -0.15) is 0 Å². The molecule has 4 rings (SSSR count). The molecule has 0 fully saturated rings. The Kier molecular flexibility index (Phi) is 8.80. The molecule has 0 amide bonds. The molecule has 4 aromatic rings. The maximum Gasteiger partial charge on any atom is 0.224 e. The van der Waals surface area contributed by atoms with Crippen molar-refractivity contribution >= 4 is 34.3 Å². The summed E-state index contributed by atoms with van der Waals surface area (Å²) in [5.74, 6) is 0.0249. The first-order chi connectivity index (χ1) is 18.2. The Bertz CT molecular complexity index is 1410. The van der Waals surface area contributed by atoms with Gasteiger partial charge in [0, 0.05) is 30.3 Å². The van der Waals surface area contributed by atoms with Gasteiger partial charge in [-0.1, -0.05) is 33.8 Å². The summed E-state index contributed by atoms with van der Waals surface area (Å²) < 4.78 is 50.6. The van der Waals surface area contributed by atoms with Crippen LogP contribution in [0.4, 0.5) is 20.4 Å². The van der Waals surface area contributed by atoms with Gasteiger partial charge >= 0.3 is 0 Å². The monoisotopic (exact) mass is 557 g/mol. The van der Waals surface area contributed by atoms with E-state index in [0.29, 0.717) is 34.7 Å². The van der Waals surface area contributed by atoms with E-state index in [9.17, 15) is 8.94 Å². The summed E-state index contributed by atoms with van der Waals surface area (Å²) in [7, 11) is 1.39. The lowest BCUT2D eigenvalue weighted by molar-refractivity contribution is 0.401. The second-order valence-corrected chi connectivity index (χ2v) is 11.5. The van der Waals surface area contributed by atoms with Crippen LogP contribution in [-0.2, 0) is 11.4 Å². The van der Waals surface area contributed by atoms with E-state index in [1.807, 2.05) is 13.8 Å². The van der Waals surface area contributed by atoms with Crippen molar-refractivity contribution in [2.75, 3.05) is 23.7 Å². The lowest BCUT2D eigenvalue weighted by atomic mass is 10.1. The summed E-state index contributed by atoms with van der Waals surface area (Å²) in [6.45, 7) is 8.94.